The van der Waals surface area contributed by atoms with Crippen LogP contribution in [0.15, 0.2) is 22.7 Å². The van der Waals surface area contributed by atoms with Gasteiger partial charge in [-0.2, -0.15) is 0 Å². The first-order chi connectivity index (χ1) is 8.66. The molecule has 0 N–H and O–H groups in total. The molecule has 1 fully saturated rings. The minimum Gasteiger partial charge on any atom is -0.360 e. The molecule has 1 aliphatic carbocycles. The molecule has 0 unspecified atom stereocenters. The summed E-state index contributed by atoms with van der Waals surface area (Å²) in [5.74, 6) is 1.96. The summed E-state index contributed by atoms with van der Waals surface area (Å²) >= 11 is 0. The largest absolute Gasteiger partial charge is 0.360 e. The quantitative estimate of drug-likeness (QED) is 0.815. The standard InChI is InChI=1S/C15H18N2O/c1-9(2)14-13(12-6-4-5-10(3)16-12)15(18-17-14)11-7-8-11/h4-6,9,11H,7-8H2,1-3H3. The summed E-state index contributed by atoms with van der Waals surface area (Å²) in [6.45, 7) is 6.31. The van der Waals surface area contributed by atoms with Gasteiger partial charge in [0.2, 0.25) is 0 Å². The van der Waals surface area contributed by atoms with Crippen LogP contribution in [0.1, 0.15) is 55.7 Å². The zero-order chi connectivity index (χ0) is 12.7. The third-order valence-electron chi connectivity index (χ3n) is 3.38. The molecular weight excluding hydrogens is 224 g/mol. The van der Waals surface area contributed by atoms with Crippen molar-refractivity contribution < 1.29 is 4.52 Å². The van der Waals surface area contributed by atoms with E-state index >= 15 is 0 Å². The SMILES string of the molecule is Cc1cccc(-c2c(C(C)C)noc2C2CC2)n1. The summed E-state index contributed by atoms with van der Waals surface area (Å²) in [5.41, 5.74) is 4.21. The van der Waals surface area contributed by atoms with Gasteiger partial charge in [-0.1, -0.05) is 25.1 Å². The number of aromatic nitrogens is 2. The number of aryl methyl sites for hydroxylation is 1. The van der Waals surface area contributed by atoms with Crippen molar-refractivity contribution >= 4 is 0 Å². The van der Waals surface area contributed by atoms with Gasteiger partial charge in [0.05, 0.1) is 17.0 Å². The summed E-state index contributed by atoms with van der Waals surface area (Å²) in [4.78, 5) is 4.63. The average molecular weight is 242 g/mol. The van der Waals surface area contributed by atoms with E-state index in [9.17, 15) is 0 Å². The van der Waals surface area contributed by atoms with E-state index in [0.717, 1.165) is 28.4 Å². The van der Waals surface area contributed by atoms with Crippen molar-refractivity contribution in [3.8, 4) is 11.3 Å². The van der Waals surface area contributed by atoms with Crippen LogP contribution in [0.5, 0.6) is 0 Å². The van der Waals surface area contributed by atoms with Crippen LogP contribution in [0.25, 0.3) is 11.3 Å². The van der Waals surface area contributed by atoms with Crippen LogP contribution in [0.2, 0.25) is 0 Å². The fraction of sp³-hybridized carbons (Fsp3) is 0.467. The van der Waals surface area contributed by atoms with Gasteiger partial charge in [-0.3, -0.25) is 4.98 Å². The lowest BCUT2D eigenvalue weighted by atomic mass is 9.99. The lowest BCUT2D eigenvalue weighted by Crippen LogP contribution is -1.95. The van der Waals surface area contributed by atoms with Crippen LogP contribution in [0, 0.1) is 6.92 Å². The summed E-state index contributed by atoms with van der Waals surface area (Å²) in [6, 6.07) is 6.12. The highest BCUT2D eigenvalue weighted by atomic mass is 16.5. The van der Waals surface area contributed by atoms with E-state index < -0.39 is 0 Å². The molecule has 1 aliphatic rings. The van der Waals surface area contributed by atoms with E-state index in [1.807, 2.05) is 19.1 Å². The zero-order valence-corrected chi connectivity index (χ0v) is 11.1. The molecule has 94 valence electrons. The van der Waals surface area contributed by atoms with Gasteiger partial charge in [-0.15, -0.1) is 0 Å². The van der Waals surface area contributed by atoms with Crippen LogP contribution >= 0.6 is 0 Å². The molecular formula is C15H18N2O. The summed E-state index contributed by atoms with van der Waals surface area (Å²) in [7, 11) is 0. The number of nitrogens with zero attached hydrogens (tertiary/aromatic N) is 2. The molecule has 2 aromatic heterocycles. The van der Waals surface area contributed by atoms with Crippen molar-refractivity contribution in [2.24, 2.45) is 0 Å². The molecule has 0 spiro atoms. The van der Waals surface area contributed by atoms with Crippen molar-refractivity contribution in [1.29, 1.82) is 0 Å². The molecule has 0 aromatic carbocycles. The fourth-order valence-corrected chi connectivity index (χ4v) is 2.27. The van der Waals surface area contributed by atoms with E-state index in [2.05, 4.69) is 30.1 Å². The number of pyridine rings is 1. The topological polar surface area (TPSA) is 38.9 Å². The molecule has 3 rings (SSSR count). The van der Waals surface area contributed by atoms with E-state index in [1.54, 1.807) is 0 Å². The molecule has 1 saturated carbocycles. The van der Waals surface area contributed by atoms with Crippen molar-refractivity contribution in [1.82, 2.24) is 10.1 Å². The maximum atomic E-state index is 5.59. The Hall–Kier alpha value is -1.64. The van der Waals surface area contributed by atoms with Gasteiger partial charge in [0.25, 0.3) is 0 Å². The molecule has 18 heavy (non-hydrogen) atoms. The van der Waals surface area contributed by atoms with Gasteiger partial charge in [0.15, 0.2) is 0 Å². The lowest BCUT2D eigenvalue weighted by molar-refractivity contribution is 0.376. The molecule has 3 nitrogen and oxygen atoms in total. The maximum absolute atomic E-state index is 5.59. The lowest BCUT2D eigenvalue weighted by Gasteiger charge is -2.06. The van der Waals surface area contributed by atoms with Crippen LogP contribution in [0.4, 0.5) is 0 Å². The normalized spacial score (nSPS) is 15.3. The van der Waals surface area contributed by atoms with Crippen molar-refractivity contribution in [3.05, 3.63) is 35.3 Å². The monoisotopic (exact) mass is 242 g/mol. The van der Waals surface area contributed by atoms with Crippen molar-refractivity contribution in [3.63, 3.8) is 0 Å². The van der Waals surface area contributed by atoms with Crippen LogP contribution in [-0.4, -0.2) is 10.1 Å². The highest BCUT2D eigenvalue weighted by Crippen LogP contribution is 2.46. The zero-order valence-electron chi connectivity index (χ0n) is 11.1. The van der Waals surface area contributed by atoms with Crippen LogP contribution < -0.4 is 0 Å². The maximum Gasteiger partial charge on any atom is 0.149 e. The molecule has 2 heterocycles. The number of hydrogen-bond acceptors (Lipinski definition) is 3. The van der Waals surface area contributed by atoms with Crippen LogP contribution in [-0.2, 0) is 0 Å². The van der Waals surface area contributed by atoms with E-state index in [-0.39, 0.29) is 0 Å². The van der Waals surface area contributed by atoms with Crippen LogP contribution in [0.3, 0.4) is 0 Å². The van der Waals surface area contributed by atoms with Gasteiger partial charge in [0.1, 0.15) is 5.76 Å². The Kier molecular flexibility index (Phi) is 2.69. The van der Waals surface area contributed by atoms with E-state index in [4.69, 9.17) is 4.52 Å². The number of hydrogen-bond donors (Lipinski definition) is 0. The first kappa shape index (κ1) is 11.5. The summed E-state index contributed by atoms with van der Waals surface area (Å²) in [5, 5.41) is 4.27. The minimum atomic E-state index is 0.360. The Bertz CT molecular complexity index is 548. The third kappa shape index (κ3) is 1.94. The third-order valence-corrected chi connectivity index (χ3v) is 3.38. The highest BCUT2D eigenvalue weighted by Gasteiger charge is 2.33. The highest BCUT2D eigenvalue weighted by molar-refractivity contribution is 5.66. The second-order valence-electron chi connectivity index (χ2n) is 5.40. The second kappa shape index (κ2) is 4.23. The molecule has 0 radical (unpaired) electrons. The Balaban J connectivity index is 2.16. The Morgan fingerprint density at radius 3 is 2.67 bits per heavy atom. The van der Waals surface area contributed by atoms with E-state index in [0.29, 0.717) is 11.8 Å². The molecule has 2 aromatic rings. The molecule has 3 heteroatoms. The van der Waals surface area contributed by atoms with Gasteiger partial charge in [-0.05, 0) is 37.8 Å². The summed E-state index contributed by atoms with van der Waals surface area (Å²) < 4.78 is 5.59. The Morgan fingerprint density at radius 2 is 2.06 bits per heavy atom. The fourth-order valence-electron chi connectivity index (χ4n) is 2.27. The average Bonchev–Trinajstić information content (AvgIpc) is 3.07. The minimum absolute atomic E-state index is 0.360. The summed E-state index contributed by atoms with van der Waals surface area (Å²) in [6.07, 6.45) is 2.43. The van der Waals surface area contributed by atoms with Crippen molar-refractivity contribution in [2.45, 2.75) is 45.4 Å². The molecule has 0 aliphatic heterocycles. The smallest absolute Gasteiger partial charge is 0.149 e. The van der Waals surface area contributed by atoms with Gasteiger partial charge >= 0.3 is 0 Å². The van der Waals surface area contributed by atoms with E-state index in [1.165, 1.54) is 12.8 Å². The first-order valence-corrected chi connectivity index (χ1v) is 6.60. The predicted molar refractivity (Wildman–Crippen MR) is 70.5 cm³/mol. The van der Waals surface area contributed by atoms with Gasteiger partial charge < -0.3 is 4.52 Å². The molecule has 0 amide bonds. The Labute approximate surface area is 107 Å². The van der Waals surface area contributed by atoms with Gasteiger partial charge in [0, 0.05) is 11.6 Å². The second-order valence-corrected chi connectivity index (χ2v) is 5.40. The first-order valence-electron chi connectivity index (χ1n) is 6.60. The molecule has 0 saturated heterocycles. The number of rotatable bonds is 3. The predicted octanol–water partition coefficient (Wildman–Crippen LogP) is 4.05. The molecule has 0 bridgehead atoms. The van der Waals surface area contributed by atoms with Gasteiger partial charge in [-0.25, -0.2) is 0 Å². The van der Waals surface area contributed by atoms with Crippen molar-refractivity contribution in [2.75, 3.05) is 0 Å². The molecule has 0 atom stereocenters. The Morgan fingerprint density at radius 1 is 1.28 bits per heavy atom.